The van der Waals surface area contributed by atoms with Crippen LogP contribution in [0.1, 0.15) is 29.3 Å². The van der Waals surface area contributed by atoms with Gasteiger partial charge < -0.3 is 0 Å². The minimum atomic E-state index is 0.251. The lowest BCUT2D eigenvalue weighted by atomic mass is 9.70. The van der Waals surface area contributed by atoms with E-state index >= 15 is 0 Å². The van der Waals surface area contributed by atoms with Gasteiger partial charge in [-0.2, -0.15) is 0 Å². The highest BCUT2D eigenvalue weighted by atomic mass is 15.1. The summed E-state index contributed by atoms with van der Waals surface area (Å²) in [4.78, 5) is 5.12. The van der Waals surface area contributed by atoms with E-state index in [9.17, 15) is 0 Å². The highest BCUT2D eigenvalue weighted by Gasteiger charge is 2.32. The number of para-hydroxylation sites is 2. The molecule has 5 aromatic carbocycles. The van der Waals surface area contributed by atoms with Crippen LogP contribution in [-0.4, -0.2) is 9.55 Å². The second-order valence-corrected chi connectivity index (χ2v) is 12.3. The van der Waals surface area contributed by atoms with Crippen LogP contribution in [0, 0.1) is 11.8 Å². The van der Waals surface area contributed by atoms with E-state index in [4.69, 9.17) is 4.98 Å². The summed E-state index contributed by atoms with van der Waals surface area (Å²) in [6.45, 7) is 0. The smallest absolute Gasteiger partial charge is 0.121 e. The second-order valence-electron chi connectivity index (χ2n) is 12.3. The number of hydrogen-bond donors (Lipinski definition) is 0. The van der Waals surface area contributed by atoms with Gasteiger partial charge in [0, 0.05) is 23.4 Å². The standard InChI is InChI=1S/C43H32N2/c1-2-13-31(14-3-1)43-44-39-20-10-11-21-40(39)45(43)34-26-24-30(25-27-34)41-35-16-6-8-18-37(35)42(38-19-9-7-17-36(38)41)33-23-22-29-12-4-5-15-32(29)28-33/h1-13,15-28,31,35,37H,14H2. The van der Waals surface area contributed by atoms with E-state index < -0.39 is 0 Å². The molecule has 2 heteroatoms. The van der Waals surface area contributed by atoms with Crippen molar-refractivity contribution in [2.75, 3.05) is 0 Å². The van der Waals surface area contributed by atoms with Gasteiger partial charge in [0.2, 0.25) is 0 Å². The molecule has 45 heavy (non-hydrogen) atoms. The van der Waals surface area contributed by atoms with Crippen molar-refractivity contribution in [1.29, 1.82) is 0 Å². The molecule has 0 fully saturated rings. The van der Waals surface area contributed by atoms with E-state index in [1.807, 2.05) is 0 Å². The molecule has 0 N–H and O–H groups in total. The van der Waals surface area contributed by atoms with E-state index in [0.29, 0.717) is 0 Å². The Morgan fingerprint density at radius 3 is 1.96 bits per heavy atom. The lowest BCUT2D eigenvalue weighted by Crippen LogP contribution is -2.40. The summed E-state index contributed by atoms with van der Waals surface area (Å²) in [5.74, 6) is 1.86. The molecule has 0 radical (unpaired) electrons. The summed E-state index contributed by atoms with van der Waals surface area (Å²) < 4.78 is 2.35. The van der Waals surface area contributed by atoms with Gasteiger partial charge in [0.25, 0.3) is 0 Å². The summed E-state index contributed by atoms with van der Waals surface area (Å²) in [6.07, 6.45) is 19.0. The molecule has 0 aliphatic heterocycles. The van der Waals surface area contributed by atoms with E-state index in [1.165, 1.54) is 43.5 Å². The topological polar surface area (TPSA) is 17.8 Å². The third kappa shape index (κ3) is 4.29. The Hall–Kier alpha value is -5.47. The normalized spacial score (nSPS) is 20.1. The van der Waals surface area contributed by atoms with E-state index in [2.05, 4.69) is 168 Å². The minimum Gasteiger partial charge on any atom is -0.296 e. The number of imidazole rings is 1. The Bertz CT molecular complexity index is 2360. The molecule has 3 aliphatic rings. The van der Waals surface area contributed by atoms with Crippen molar-refractivity contribution in [1.82, 2.24) is 9.55 Å². The fourth-order valence-corrected chi connectivity index (χ4v) is 7.65. The lowest BCUT2D eigenvalue weighted by molar-refractivity contribution is 0.686. The van der Waals surface area contributed by atoms with Gasteiger partial charge in [0.1, 0.15) is 5.82 Å². The molecule has 214 valence electrons. The quantitative estimate of drug-likeness (QED) is 0.206. The van der Waals surface area contributed by atoms with Gasteiger partial charge in [0.15, 0.2) is 0 Å². The minimum absolute atomic E-state index is 0.251. The number of aromatic nitrogens is 2. The van der Waals surface area contributed by atoms with Crippen molar-refractivity contribution in [3.8, 4) is 5.69 Å². The van der Waals surface area contributed by atoms with Crippen LogP contribution in [0.25, 0.3) is 38.6 Å². The first-order chi connectivity index (χ1) is 22.3. The second kappa shape index (κ2) is 10.6. The molecule has 0 bridgehead atoms. The maximum Gasteiger partial charge on any atom is 0.121 e. The molecule has 3 atom stereocenters. The third-order valence-corrected chi connectivity index (χ3v) is 9.70. The molecule has 0 amide bonds. The molecule has 3 unspecified atom stereocenters. The fourth-order valence-electron chi connectivity index (χ4n) is 7.65. The van der Waals surface area contributed by atoms with Crippen LogP contribution in [-0.2, 0) is 0 Å². The SMILES string of the molecule is C1=CCC(c2nc3ccccc3n2-c2ccc(C3=c4ccccc4=C(c4ccc5ccccc5c4)C4C=CC=CC34)cc2)C=C1. The lowest BCUT2D eigenvalue weighted by Gasteiger charge is -2.33. The number of hydrogen-bond acceptors (Lipinski definition) is 1. The Morgan fingerprint density at radius 2 is 1.20 bits per heavy atom. The van der Waals surface area contributed by atoms with Gasteiger partial charge >= 0.3 is 0 Å². The Balaban J connectivity index is 1.23. The molecule has 3 aliphatic carbocycles. The van der Waals surface area contributed by atoms with E-state index in [1.54, 1.807) is 0 Å². The fraction of sp³-hybridized carbons (Fsp3) is 0.0930. The van der Waals surface area contributed by atoms with Crippen molar-refractivity contribution < 1.29 is 0 Å². The van der Waals surface area contributed by atoms with Gasteiger partial charge in [-0.3, -0.25) is 4.57 Å². The Morgan fingerprint density at radius 1 is 0.556 bits per heavy atom. The number of rotatable bonds is 4. The average molecular weight is 577 g/mol. The van der Waals surface area contributed by atoms with Crippen LogP contribution in [0.4, 0.5) is 0 Å². The van der Waals surface area contributed by atoms with Gasteiger partial charge in [0.05, 0.1) is 11.0 Å². The first kappa shape index (κ1) is 26.0. The third-order valence-electron chi connectivity index (χ3n) is 9.70. The summed E-state index contributed by atoms with van der Waals surface area (Å²) in [5.41, 5.74) is 8.70. The molecule has 9 rings (SSSR count). The number of nitrogens with zero attached hydrogens (tertiary/aromatic N) is 2. The van der Waals surface area contributed by atoms with Crippen LogP contribution in [0.15, 0.2) is 164 Å². The molecule has 0 saturated heterocycles. The molecule has 6 aromatic rings. The Kier molecular flexibility index (Phi) is 6.12. The molecule has 1 heterocycles. The van der Waals surface area contributed by atoms with Gasteiger partial charge in [-0.25, -0.2) is 4.98 Å². The van der Waals surface area contributed by atoms with Crippen LogP contribution in [0.3, 0.4) is 0 Å². The summed E-state index contributed by atoms with van der Waals surface area (Å²) in [5, 5.41) is 5.21. The summed E-state index contributed by atoms with van der Waals surface area (Å²) in [6, 6.07) is 42.3. The van der Waals surface area contributed by atoms with Crippen LogP contribution in [0.5, 0.6) is 0 Å². The molecular weight excluding hydrogens is 544 g/mol. The highest BCUT2D eigenvalue weighted by molar-refractivity contribution is 5.88. The maximum atomic E-state index is 5.12. The number of benzene rings is 5. The zero-order valence-corrected chi connectivity index (χ0v) is 24.9. The van der Waals surface area contributed by atoms with E-state index in [-0.39, 0.29) is 17.8 Å². The predicted octanol–water partition coefficient (Wildman–Crippen LogP) is 8.55. The first-order valence-electron chi connectivity index (χ1n) is 15.9. The average Bonchev–Trinajstić information content (AvgIpc) is 3.51. The van der Waals surface area contributed by atoms with Crippen molar-refractivity contribution in [2.45, 2.75) is 12.3 Å². The molecule has 2 nitrogen and oxygen atoms in total. The van der Waals surface area contributed by atoms with E-state index in [0.717, 1.165) is 29.0 Å². The zero-order chi connectivity index (χ0) is 29.7. The first-order valence-corrected chi connectivity index (χ1v) is 15.9. The van der Waals surface area contributed by atoms with Crippen LogP contribution < -0.4 is 10.4 Å². The van der Waals surface area contributed by atoms with Gasteiger partial charge in [-0.05, 0) is 80.2 Å². The molecule has 1 aromatic heterocycles. The largest absolute Gasteiger partial charge is 0.296 e. The van der Waals surface area contributed by atoms with Gasteiger partial charge in [-0.1, -0.05) is 134 Å². The maximum absolute atomic E-state index is 5.12. The zero-order valence-electron chi connectivity index (χ0n) is 24.9. The van der Waals surface area contributed by atoms with Crippen LogP contribution >= 0.6 is 0 Å². The van der Waals surface area contributed by atoms with Gasteiger partial charge in [-0.15, -0.1) is 0 Å². The number of allylic oxidation sites excluding steroid dienone is 8. The summed E-state index contributed by atoms with van der Waals surface area (Å²) in [7, 11) is 0. The van der Waals surface area contributed by atoms with Crippen molar-refractivity contribution in [3.05, 3.63) is 191 Å². The summed E-state index contributed by atoms with van der Waals surface area (Å²) >= 11 is 0. The van der Waals surface area contributed by atoms with Crippen LogP contribution in [0.2, 0.25) is 0 Å². The molecular formula is C43H32N2. The van der Waals surface area contributed by atoms with Crippen molar-refractivity contribution in [2.24, 2.45) is 11.8 Å². The predicted molar refractivity (Wildman–Crippen MR) is 187 cm³/mol. The van der Waals surface area contributed by atoms with Crippen molar-refractivity contribution >= 4 is 33.0 Å². The van der Waals surface area contributed by atoms with Crippen molar-refractivity contribution in [3.63, 3.8) is 0 Å². The monoisotopic (exact) mass is 576 g/mol. The molecule has 0 saturated carbocycles. The highest BCUT2D eigenvalue weighted by Crippen LogP contribution is 2.41. The molecule has 0 spiro atoms. The Labute approximate surface area is 263 Å². The number of fused-ring (bicyclic) bond motifs is 4.